The zero-order valence-electron chi connectivity index (χ0n) is 10.0. The van der Waals surface area contributed by atoms with Gasteiger partial charge in [0.1, 0.15) is 5.75 Å². The van der Waals surface area contributed by atoms with Crippen molar-refractivity contribution in [1.29, 1.82) is 0 Å². The van der Waals surface area contributed by atoms with Gasteiger partial charge in [-0.1, -0.05) is 12.1 Å². The molecule has 0 aromatic heterocycles. The quantitative estimate of drug-likeness (QED) is 0.713. The molecule has 0 amide bonds. The van der Waals surface area contributed by atoms with Gasteiger partial charge in [-0.2, -0.15) is 0 Å². The molecule has 0 saturated carbocycles. The zero-order chi connectivity index (χ0) is 11.3. The minimum atomic E-state index is -1.49. The number of benzene rings is 1. The summed E-state index contributed by atoms with van der Waals surface area (Å²) >= 11 is 0. The maximum atomic E-state index is 5.91. The van der Waals surface area contributed by atoms with Crippen molar-refractivity contribution in [2.45, 2.75) is 33.2 Å². The van der Waals surface area contributed by atoms with Crippen LogP contribution in [0.3, 0.4) is 0 Å². The maximum absolute atomic E-state index is 5.91. The molecule has 0 bridgehead atoms. The van der Waals surface area contributed by atoms with Crippen molar-refractivity contribution in [3.05, 3.63) is 29.8 Å². The predicted molar refractivity (Wildman–Crippen MR) is 65.7 cm³/mol. The van der Waals surface area contributed by atoms with Crippen molar-refractivity contribution in [3.63, 3.8) is 0 Å². The van der Waals surface area contributed by atoms with E-state index >= 15 is 0 Å². The van der Waals surface area contributed by atoms with Crippen molar-refractivity contribution in [2.24, 2.45) is 0 Å². The standard InChI is InChI=1S/C12H20O2Si/c1-5-13-10-11-7-6-8-12(9-11)14-15(2,3)4/h6-9H,5,10H2,1-4H3. The van der Waals surface area contributed by atoms with Gasteiger partial charge in [0.05, 0.1) is 6.61 Å². The molecular weight excluding hydrogens is 204 g/mol. The lowest BCUT2D eigenvalue weighted by molar-refractivity contribution is 0.134. The summed E-state index contributed by atoms with van der Waals surface area (Å²) in [7, 11) is -1.49. The Balaban J connectivity index is 2.66. The third-order valence-corrected chi connectivity index (χ3v) is 2.64. The second-order valence-corrected chi connectivity index (χ2v) is 8.93. The Labute approximate surface area is 93.4 Å². The van der Waals surface area contributed by atoms with E-state index in [9.17, 15) is 0 Å². The molecule has 0 spiro atoms. The fourth-order valence-corrected chi connectivity index (χ4v) is 2.11. The SMILES string of the molecule is CCOCc1cccc(O[Si](C)(C)C)c1. The van der Waals surface area contributed by atoms with Crippen LogP contribution in [-0.4, -0.2) is 14.9 Å². The molecule has 0 atom stereocenters. The first-order valence-corrected chi connectivity index (χ1v) is 8.78. The first kappa shape index (κ1) is 12.3. The summed E-state index contributed by atoms with van der Waals surface area (Å²) in [4.78, 5) is 0. The van der Waals surface area contributed by atoms with Crippen LogP contribution in [-0.2, 0) is 11.3 Å². The lowest BCUT2D eigenvalue weighted by atomic mass is 10.2. The highest BCUT2D eigenvalue weighted by molar-refractivity contribution is 6.70. The molecule has 0 aliphatic carbocycles. The van der Waals surface area contributed by atoms with Crippen molar-refractivity contribution >= 4 is 8.32 Å². The third-order valence-electron chi connectivity index (χ3n) is 1.80. The third kappa shape index (κ3) is 5.00. The minimum absolute atomic E-state index is 0.666. The van der Waals surface area contributed by atoms with Gasteiger partial charge < -0.3 is 9.16 Å². The van der Waals surface area contributed by atoms with Crippen molar-refractivity contribution < 1.29 is 9.16 Å². The molecule has 2 nitrogen and oxygen atoms in total. The molecule has 0 radical (unpaired) electrons. The average molecular weight is 224 g/mol. The maximum Gasteiger partial charge on any atom is 0.242 e. The lowest BCUT2D eigenvalue weighted by Gasteiger charge is -2.19. The Morgan fingerprint density at radius 1 is 1.20 bits per heavy atom. The number of hydrogen-bond acceptors (Lipinski definition) is 2. The van der Waals surface area contributed by atoms with Gasteiger partial charge in [0.15, 0.2) is 0 Å². The van der Waals surface area contributed by atoms with Crippen LogP contribution >= 0.6 is 0 Å². The molecular formula is C12H20O2Si. The molecule has 3 heteroatoms. The summed E-state index contributed by atoms with van der Waals surface area (Å²) in [6.45, 7) is 9.97. The van der Waals surface area contributed by atoms with Crippen LogP contribution in [0.5, 0.6) is 5.75 Å². The van der Waals surface area contributed by atoms with Crippen LogP contribution in [0.2, 0.25) is 19.6 Å². The molecule has 0 unspecified atom stereocenters. The van der Waals surface area contributed by atoms with Crippen LogP contribution in [0, 0.1) is 0 Å². The van der Waals surface area contributed by atoms with E-state index < -0.39 is 8.32 Å². The van der Waals surface area contributed by atoms with Crippen LogP contribution in [0.25, 0.3) is 0 Å². The van der Waals surface area contributed by atoms with Gasteiger partial charge >= 0.3 is 0 Å². The van der Waals surface area contributed by atoms with Crippen molar-refractivity contribution in [1.82, 2.24) is 0 Å². The summed E-state index contributed by atoms with van der Waals surface area (Å²) in [5.41, 5.74) is 1.17. The molecule has 0 saturated heterocycles. The molecule has 84 valence electrons. The molecule has 0 heterocycles. The summed E-state index contributed by atoms with van der Waals surface area (Å²) in [6, 6.07) is 8.15. The Kier molecular flexibility index (Phi) is 4.36. The summed E-state index contributed by atoms with van der Waals surface area (Å²) in [5.74, 6) is 0.964. The summed E-state index contributed by atoms with van der Waals surface area (Å²) in [6.07, 6.45) is 0. The van der Waals surface area contributed by atoms with E-state index in [0.29, 0.717) is 6.61 Å². The van der Waals surface area contributed by atoms with Gasteiger partial charge in [-0.15, -0.1) is 0 Å². The molecule has 0 N–H and O–H groups in total. The predicted octanol–water partition coefficient (Wildman–Crippen LogP) is 3.44. The molecule has 1 aromatic carbocycles. The lowest BCUT2D eigenvalue weighted by Crippen LogP contribution is -2.29. The monoisotopic (exact) mass is 224 g/mol. The van der Waals surface area contributed by atoms with Crippen molar-refractivity contribution in [3.8, 4) is 5.75 Å². The highest BCUT2D eigenvalue weighted by atomic mass is 28.4. The second-order valence-electron chi connectivity index (χ2n) is 4.50. The van der Waals surface area contributed by atoms with Gasteiger partial charge in [-0.25, -0.2) is 0 Å². The van der Waals surface area contributed by atoms with E-state index in [1.807, 2.05) is 19.1 Å². The van der Waals surface area contributed by atoms with Gasteiger partial charge in [0.25, 0.3) is 0 Å². The number of rotatable bonds is 5. The largest absolute Gasteiger partial charge is 0.544 e. The Hall–Kier alpha value is -0.803. The second kappa shape index (κ2) is 5.33. The minimum Gasteiger partial charge on any atom is -0.544 e. The number of ether oxygens (including phenoxy) is 1. The molecule has 1 aromatic rings. The molecule has 1 rings (SSSR count). The van der Waals surface area contributed by atoms with E-state index in [1.54, 1.807) is 0 Å². The first-order chi connectivity index (χ1) is 7.01. The van der Waals surface area contributed by atoms with Gasteiger partial charge in [-0.05, 0) is 44.3 Å². The van der Waals surface area contributed by atoms with Crippen LogP contribution < -0.4 is 4.43 Å². The highest BCUT2D eigenvalue weighted by Gasteiger charge is 2.15. The Morgan fingerprint density at radius 2 is 1.93 bits per heavy atom. The van der Waals surface area contributed by atoms with E-state index in [-0.39, 0.29) is 0 Å². The summed E-state index contributed by atoms with van der Waals surface area (Å²) < 4.78 is 11.3. The average Bonchev–Trinajstić information content (AvgIpc) is 2.12. The van der Waals surface area contributed by atoms with E-state index in [0.717, 1.165) is 12.4 Å². The first-order valence-electron chi connectivity index (χ1n) is 5.37. The fraction of sp³-hybridized carbons (Fsp3) is 0.500. The normalized spacial score (nSPS) is 11.5. The van der Waals surface area contributed by atoms with Crippen LogP contribution in [0.1, 0.15) is 12.5 Å². The summed E-state index contributed by atoms with van der Waals surface area (Å²) in [5, 5.41) is 0. The Bertz CT molecular complexity index is 305. The van der Waals surface area contributed by atoms with Crippen molar-refractivity contribution in [2.75, 3.05) is 6.61 Å². The van der Waals surface area contributed by atoms with E-state index in [4.69, 9.17) is 9.16 Å². The topological polar surface area (TPSA) is 18.5 Å². The van der Waals surface area contributed by atoms with Crippen LogP contribution in [0.4, 0.5) is 0 Å². The smallest absolute Gasteiger partial charge is 0.242 e. The highest BCUT2D eigenvalue weighted by Crippen LogP contribution is 2.18. The fourth-order valence-electron chi connectivity index (χ4n) is 1.27. The van der Waals surface area contributed by atoms with Gasteiger partial charge in [0.2, 0.25) is 8.32 Å². The van der Waals surface area contributed by atoms with E-state index in [2.05, 4.69) is 31.8 Å². The van der Waals surface area contributed by atoms with Gasteiger partial charge in [-0.3, -0.25) is 0 Å². The van der Waals surface area contributed by atoms with E-state index in [1.165, 1.54) is 5.56 Å². The van der Waals surface area contributed by atoms with Crippen LogP contribution in [0.15, 0.2) is 24.3 Å². The molecule has 0 aliphatic heterocycles. The molecule has 15 heavy (non-hydrogen) atoms. The Morgan fingerprint density at radius 3 is 2.53 bits per heavy atom. The number of hydrogen-bond donors (Lipinski definition) is 0. The molecule has 0 fully saturated rings. The zero-order valence-corrected chi connectivity index (χ0v) is 11.0. The molecule has 0 aliphatic rings. The van der Waals surface area contributed by atoms with Gasteiger partial charge in [0, 0.05) is 6.61 Å².